The fraction of sp³-hybridized carbons (Fsp3) is 0.250. The van der Waals surface area contributed by atoms with Gasteiger partial charge in [-0.1, -0.05) is 18.2 Å². The molecule has 4 aromatic rings. The highest BCUT2D eigenvalue weighted by molar-refractivity contribution is 5.88. The van der Waals surface area contributed by atoms with Gasteiger partial charge in [-0.15, -0.1) is 0 Å². The number of aromatic nitrogens is 2. The molecule has 0 fully saturated rings. The molecule has 0 unspecified atom stereocenters. The summed E-state index contributed by atoms with van der Waals surface area (Å²) in [6.45, 7) is 1.74. The van der Waals surface area contributed by atoms with Crippen molar-refractivity contribution in [3.8, 4) is 23.0 Å². The predicted molar refractivity (Wildman–Crippen MR) is 118 cm³/mol. The Bertz CT molecular complexity index is 1210. The zero-order chi connectivity index (χ0) is 21.8. The molecule has 0 saturated carbocycles. The predicted octanol–water partition coefficient (Wildman–Crippen LogP) is 3.87. The van der Waals surface area contributed by atoms with Crippen LogP contribution in [0.2, 0.25) is 0 Å². The van der Waals surface area contributed by atoms with Gasteiger partial charge in [0.05, 0.1) is 43.7 Å². The summed E-state index contributed by atoms with van der Waals surface area (Å²) in [5, 5.41) is 20.3. The zero-order valence-electron chi connectivity index (χ0n) is 17.4. The highest BCUT2D eigenvalue weighted by atomic mass is 16.5. The number of fused-ring (bicyclic) bond motifs is 2. The van der Waals surface area contributed by atoms with Crippen LogP contribution in [-0.2, 0) is 0 Å². The van der Waals surface area contributed by atoms with Crippen molar-refractivity contribution in [1.29, 1.82) is 0 Å². The molecule has 4 rings (SSSR count). The van der Waals surface area contributed by atoms with Gasteiger partial charge < -0.3 is 24.4 Å². The first kappa shape index (κ1) is 20.8. The Morgan fingerprint density at radius 1 is 0.903 bits per heavy atom. The van der Waals surface area contributed by atoms with Gasteiger partial charge in [-0.2, -0.15) is 0 Å². The van der Waals surface area contributed by atoms with Crippen molar-refractivity contribution < 1.29 is 24.4 Å². The number of pyridine rings is 2. The molecule has 0 bridgehead atoms. The van der Waals surface area contributed by atoms with Crippen LogP contribution in [0.5, 0.6) is 23.0 Å². The van der Waals surface area contributed by atoms with E-state index in [0.717, 1.165) is 22.0 Å². The summed E-state index contributed by atoms with van der Waals surface area (Å²) in [5.74, 6) is 1.91. The number of aryl methyl sites for hydroxylation is 1. The first-order valence-electron chi connectivity index (χ1n) is 9.98. The van der Waals surface area contributed by atoms with Crippen molar-refractivity contribution in [3.05, 3.63) is 60.4 Å². The second-order valence-electron chi connectivity index (χ2n) is 7.24. The molecule has 7 nitrogen and oxygen atoms in total. The fourth-order valence-corrected chi connectivity index (χ4v) is 3.28. The third kappa shape index (κ3) is 4.38. The molecular weight excluding hydrogens is 396 g/mol. The Labute approximate surface area is 179 Å². The maximum Gasteiger partial charge on any atom is 0.163 e. The molecule has 0 saturated heterocycles. The molecule has 2 N–H and O–H groups in total. The standard InChI is InChI=1S/C24H24N2O5/c1-15-22(9-17-5-3-4-6-19(17)26-15)31-21-7-8-25-20-11-24(23(29-2)10-18(20)21)30-14-16(12-27)13-28/h3-11,16,27-28H,12-14H2,1-2H3. The van der Waals surface area contributed by atoms with E-state index in [1.807, 2.05) is 43.3 Å². The van der Waals surface area contributed by atoms with Crippen LogP contribution in [0.4, 0.5) is 0 Å². The van der Waals surface area contributed by atoms with Crippen LogP contribution in [0.15, 0.2) is 54.7 Å². The number of rotatable bonds is 8. The van der Waals surface area contributed by atoms with E-state index in [1.165, 1.54) is 0 Å². The van der Waals surface area contributed by atoms with Crippen molar-refractivity contribution >= 4 is 21.8 Å². The van der Waals surface area contributed by atoms with Crippen molar-refractivity contribution in [2.24, 2.45) is 5.92 Å². The average molecular weight is 420 g/mol. The molecule has 0 atom stereocenters. The molecule has 0 amide bonds. The van der Waals surface area contributed by atoms with E-state index >= 15 is 0 Å². The topological polar surface area (TPSA) is 93.9 Å². The minimum Gasteiger partial charge on any atom is -0.493 e. The summed E-state index contributed by atoms with van der Waals surface area (Å²) in [7, 11) is 1.55. The number of methoxy groups -OCH3 is 1. The molecule has 0 spiro atoms. The SMILES string of the molecule is COc1cc2c(Oc3cc4ccccc4nc3C)ccnc2cc1OCC(CO)CO. The Morgan fingerprint density at radius 2 is 1.71 bits per heavy atom. The van der Waals surface area contributed by atoms with E-state index in [0.29, 0.717) is 28.5 Å². The third-order valence-corrected chi connectivity index (χ3v) is 5.07. The average Bonchev–Trinajstić information content (AvgIpc) is 2.80. The van der Waals surface area contributed by atoms with Crippen LogP contribution in [-0.4, -0.2) is 47.1 Å². The Kier molecular flexibility index (Phi) is 6.16. The second-order valence-corrected chi connectivity index (χ2v) is 7.24. The fourth-order valence-electron chi connectivity index (χ4n) is 3.28. The van der Waals surface area contributed by atoms with Crippen molar-refractivity contribution in [2.45, 2.75) is 6.92 Å². The lowest BCUT2D eigenvalue weighted by molar-refractivity contribution is 0.105. The van der Waals surface area contributed by atoms with Crippen LogP contribution in [0.25, 0.3) is 21.8 Å². The Morgan fingerprint density at radius 3 is 2.48 bits per heavy atom. The van der Waals surface area contributed by atoms with Crippen LogP contribution in [0.1, 0.15) is 5.69 Å². The summed E-state index contributed by atoms with van der Waals surface area (Å²) >= 11 is 0. The number of para-hydroxylation sites is 1. The van der Waals surface area contributed by atoms with Crippen LogP contribution < -0.4 is 14.2 Å². The molecule has 0 aliphatic rings. The quantitative estimate of drug-likeness (QED) is 0.447. The number of aliphatic hydroxyl groups is 2. The number of hydrogen-bond acceptors (Lipinski definition) is 7. The van der Waals surface area contributed by atoms with Crippen LogP contribution >= 0.6 is 0 Å². The smallest absolute Gasteiger partial charge is 0.163 e. The first-order chi connectivity index (χ1) is 15.1. The van der Waals surface area contributed by atoms with Crippen LogP contribution in [0.3, 0.4) is 0 Å². The summed E-state index contributed by atoms with van der Waals surface area (Å²) in [4.78, 5) is 9.06. The van der Waals surface area contributed by atoms with E-state index in [1.54, 1.807) is 25.4 Å². The van der Waals surface area contributed by atoms with E-state index in [2.05, 4.69) is 9.97 Å². The van der Waals surface area contributed by atoms with Gasteiger partial charge in [0.15, 0.2) is 11.5 Å². The molecule has 2 aromatic heterocycles. The molecular formula is C24H24N2O5. The summed E-state index contributed by atoms with van der Waals surface area (Å²) in [6.07, 6.45) is 1.67. The largest absolute Gasteiger partial charge is 0.493 e. The van der Waals surface area contributed by atoms with Gasteiger partial charge in [-0.25, -0.2) is 4.98 Å². The molecule has 0 aliphatic heterocycles. The molecule has 160 valence electrons. The number of hydrogen-bond donors (Lipinski definition) is 2. The van der Waals surface area contributed by atoms with Gasteiger partial charge in [0.2, 0.25) is 0 Å². The highest BCUT2D eigenvalue weighted by Gasteiger charge is 2.15. The van der Waals surface area contributed by atoms with Gasteiger partial charge in [0.25, 0.3) is 0 Å². The molecule has 31 heavy (non-hydrogen) atoms. The number of aliphatic hydroxyl groups excluding tert-OH is 2. The number of ether oxygens (including phenoxy) is 3. The van der Waals surface area contributed by atoms with E-state index in [4.69, 9.17) is 14.2 Å². The number of nitrogens with zero attached hydrogens (tertiary/aromatic N) is 2. The normalized spacial score (nSPS) is 11.3. The molecule has 0 aliphatic carbocycles. The zero-order valence-corrected chi connectivity index (χ0v) is 17.4. The van der Waals surface area contributed by atoms with Gasteiger partial charge in [0.1, 0.15) is 11.5 Å². The summed E-state index contributed by atoms with van der Waals surface area (Å²) < 4.78 is 17.5. The Hall–Kier alpha value is -3.42. The molecule has 2 aromatic carbocycles. The van der Waals surface area contributed by atoms with Crippen molar-refractivity contribution in [3.63, 3.8) is 0 Å². The van der Waals surface area contributed by atoms with Crippen molar-refractivity contribution in [1.82, 2.24) is 9.97 Å². The third-order valence-electron chi connectivity index (χ3n) is 5.07. The van der Waals surface area contributed by atoms with Gasteiger partial charge in [-0.05, 0) is 31.2 Å². The lowest BCUT2D eigenvalue weighted by Crippen LogP contribution is -2.19. The summed E-state index contributed by atoms with van der Waals surface area (Å²) in [6, 6.07) is 15.2. The van der Waals surface area contributed by atoms with Gasteiger partial charge in [0, 0.05) is 29.0 Å². The maximum absolute atomic E-state index is 9.26. The Balaban J connectivity index is 1.70. The molecule has 0 radical (unpaired) electrons. The minimum atomic E-state index is -0.369. The summed E-state index contributed by atoms with van der Waals surface area (Å²) in [5.41, 5.74) is 2.37. The van der Waals surface area contributed by atoms with E-state index in [9.17, 15) is 10.2 Å². The lowest BCUT2D eigenvalue weighted by atomic mass is 10.1. The second kappa shape index (κ2) is 9.16. The highest BCUT2D eigenvalue weighted by Crippen LogP contribution is 2.38. The number of benzene rings is 2. The van der Waals surface area contributed by atoms with E-state index < -0.39 is 0 Å². The lowest BCUT2D eigenvalue weighted by Gasteiger charge is -2.16. The first-order valence-corrected chi connectivity index (χ1v) is 9.98. The monoisotopic (exact) mass is 420 g/mol. The van der Waals surface area contributed by atoms with Gasteiger partial charge >= 0.3 is 0 Å². The molecule has 7 heteroatoms. The van der Waals surface area contributed by atoms with E-state index in [-0.39, 0.29) is 25.7 Å². The molecule has 2 heterocycles. The van der Waals surface area contributed by atoms with Gasteiger partial charge in [-0.3, -0.25) is 4.98 Å². The van der Waals surface area contributed by atoms with Crippen molar-refractivity contribution in [2.75, 3.05) is 26.9 Å². The van der Waals surface area contributed by atoms with Crippen LogP contribution in [0, 0.1) is 12.8 Å². The minimum absolute atomic E-state index is 0.160. The maximum atomic E-state index is 9.26.